The van der Waals surface area contributed by atoms with Crippen molar-refractivity contribution >= 4 is 10.1 Å². The highest BCUT2D eigenvalue weighted by Gasteiger charge is 2.51. The molecule has 0 aliphatic rings. The van der Waals surface area contributed by atoms with Gasteiger partial charge >= 0.3 is 15.6 Å². The highest BCUT2D eigenvalue weighted by molar-refractivity contribution is 7.87. The molecule has 0 radical (unpaired) electrons. The molecule has 0 unspecified atom stereocenters. The van der Waals surface area contributed by atoms with Gasteiger partial charge in [-0.1, -0.05) is 60.7 Å². The molecule has 0 fully saturated rings. The van der Waals surface area contributed by atoms with Gasteiger partial charge in [-0.2, -0.15) is 21.6 Å². The van der Waals surface area contributed by atoms with Crippen LogP contribution in [0, 0.1) is 0 Å². The van der Waals surface area contributed by atoms with Crippen molar-refractivity contribution in [2.24, 2.45) is 0 Å². The van der Waals surface area contributed by atoms with Crippen molar-refractivity contribution in [3.63, 3.8) is 0 Å². The van der Waals surface area contributed by atoms with Crippen LogP contribution < -0.4 is 0 Å². The molecule has 0 atom stereocenters. The summed E-state index contributed by atoms with van der Waals surface area (Å²) >= 11 is 0. The smallest absolute Gasteiger partial charge is 0.256 e. The van der Waals surface area contributed by atoms with E-state index in [2.05, 4.69) is 4.18 Å². The van der Waals surface area contributed by atoms with E-state index in [1.54, 1.807) is 60.7 Å². The fourth-order valence-electron chi connectivity index (χ4n) is 2.66. The van der Waals surface area contributed by atoms with Crippen molar-refractivity contribution in [1.82, 2.24) is 0 Å². The van der Waals surface area contributed by atoms with E-state index in [1.807, 2.05) is 0 Å². The average Bonchev–Trinajstić information content (AvgIpc) is 2.47. The van der Waals surface area contributed by atoms with Crippen molar-refractivity contribution in [2.75, 3.05) is 0 Å². The molecule has 0 saturated carbocycles. The maximum atomic E-state index is 12.7. The maximum Gasteiger partial charge on any atom is 0.523 e. The van der Waals surface area contributed by atoms with E-state index in [0.717, 1.165) is 0 Å². The lowest BCUT2D eigenvalue weighted by molar-refractivity contribution is -0.0637. The molecule has 0 aliphatic heterocycles. The first-order chi connectivity index (χ1) is 11.0. The third-order valence-electron chi connectivity index (χ3n) is 3.57. The van der Waals surface area contributed by atoms with Crippen LogP contribution in [0.15, 0.2) is 60.7 Å². The van der Waals surface area contributed by atoms with E-state index < -0.39 is 27.1 Å². The van der Waals surface area contributed by atoms with E-state index >= 15 is 0 Å². The van der Waals surface area contributed by atoms with Gasteiger partial charge in [-0.05, 0) is 25.0 Å². The normalized spacial score (nSPS) is 13.2. The molecule has 0 aliphatic carbocycles. The number of rotatable bonds is 5. The molecule has 0 saturated heterocycles. The molecule has 0 bridgehead atoms. The number of halogens is 3. The summed E-state index contributed by atoms with van der Waals surface area (Å²) < 4.78 is 65.7. The van der Waals surface area contributed by atoms with Gasteiger partial charge in [-0.25, -0.2) is 0 Å². The summed E-state index contributed by atoms with van der Waals surface area (Å²) in [5, 5.41) is 0. The quantitative estimate of drug-likeness (QED) is 0.585. The number of hydrogen-bond donors (Lipinski definition) is 0. The van der Waals surface area contributed by atoms with Crippen molar-refractivity contribution < 1.29 is 25.8 Å². The van der Waals surface area contributed by atoms with Gasteiger partial charge in [-0.15, -0.1) is 0 Å². The summed E-state index contributed by atoms with van der Waals surface area (Å²) in [5.41, 5.74) is -5.80. The Morgan fingerprint density at radius 2 is 1.21 bits per heavy atom. The molecule has 7 heteroatoms. The predicted molar refractivity (Wildman–Crippen MR) is 84.9 cm³/mol. The fourth-order valence-corrected chi connectivity index (χ4v) is 3.42. The van der Waals surface area contributed by atoms with Gasteiger partial charge < -0.3 is 0 Å². The van der Waals surface area contributed by atoms with Crippen molar-refractivity contribution in [3.05, 3.63) is 71.8 Å². The standard InChI is InChI=1S/C17H17F3O3S/c1-16(2,23-24(21,22)17(18,19)20)15(13-9-5-3-6-10-13)14-11-7-4-8-12-14/h3-12,15H,1-2H3. The summed E-state index contributed by atoms with van der Waals surface area (Å²) in [5.74, 6) is -0.697. The monoisotopic (exact) mass is 358 g/mol. The molecule has 0 N–H and O–H groups in total. The summed E-state index contributed by atoms with van der Waals surface area (Å²) in [6.45, 7) is 2.67. The Balaban J connectivity index is 2.51. The largest absolute Gasteiger partial charge is 0.523 e. The second-order valence-electron chi connectivity index (χ2n) is 5.84. The fraction of sp³-hybridized carbons (Fsp3) is 0.294. The summed E-state index contributed by atoms with van der Waals surface area (Å²) in [6, 6.07) is 17.4. The van der Waals surface area contributed by atoms with Crippen molar-refractivity contribution in [2.45, 2.75) is 30.9 Å². The van der Waals surface area contributed by atoms with Gasteiger partial charge in [0.15, 0.2) is 0 Å². The van der Waals surface area contributed by atoms with E-state index in [-0.39, 0.29) is 0 Å². The van der Waals surface area contributed by atoms with Gasteiger partial charge in [0.2, 0.25) is 0 Å². The summed E-state index contributed by atoms with van der Waals surface area (Å²) in [7, 11) is -5.72. The number of benzene rings is 2. The van der Waals surface area contributed by atoms with Crippen molar-refractivity contribution in [1.29, 1.82) is 0 Å². The zero-order chi connectivity index (χ0) is 18.0. The molecule has 2 rings (SSSR count). The molecule has 0 aromatic heterocycles. The van der Waals surface area contributed by atoms with Crippen LogP contribution in [-0.4, -0.2) is 19.5 Å². The molecule has 0 spiro atoms. The van der Waals surface area contributed by atoms with Gasteiger partial charge in [0.1, 0.15) is 0 Å². The van der Waals surface area contributed by atoms with Crippen LogP contribution in [0.25, 0.3) is 0 Å². The Labute approximate surface area is 139 Å². The average molecular weight is 358 g/mol. The third-order valence-corrected chi connectivity index (χ3v) is 4.78. The van der Waals surface area contributed by atoms with Crippen LogP contribution in [0.2, 0.25) is 0 Å². The first-order valence-corrected chi connectivity index (χ1v) is 8.57. The number of hydrogen-bond acceptors (Lipinski definition) is 3. The lowest BCUT2D eigenvalue weighted by atomic mass is 9.79. The van der Waals surface area contributed by atoms with E-state index in [4.69, 9.17) is 0 Å². The molecule has 0 heterocycles. The summed E-state index contributed by atoms with van der Waals surface area (Å²) in [6.07, 6.45) is 0. The van der Waals surface area contributed by atoms with Gasteiger partial charge in [0.05, 0.1) is 5.60 Å². The predicted octanol–water partition coefficient (Wildman–Crippen LogP) is 4.46. The van der Waals surface area contributed by atoms with Crippen LogP contribution >= 0.6 is 0 Å². The van der Waals surface area contributed by atoms with Crippen LogP contribution in [0.5, 0.6) is 0 Å². The Morgan fingerprint density at radius 3 is 1.54 bits per heavy atom. The van der Waals surface area contributed by atoms with E-state index in [0.29, 0.717) is 11.1 Å². The minimum atomic E-state index is -5.72. The Kier molecular flexibility index (Phi) is 5.05. The third kappa shape index (κ3) is 3.96. The first kappa shape index (κ1) is 18.5. The SMILES string of the molecule is CC(C)(OS(=O)(=O)C(F)(F)F)C(c1ccccc1)c1ccccc1. The first-order valence-electron chi connectivity index (χ1n) is 7.16. The minimum absolute atomic E-state index is 0.658. The zero-order valence-corrected chi connectivity index (χ0v) is 13.9. The van der Waals surface area contributed by atoms with Crippen LogP contribution in [0.1, 0.15) is 30.9 Å². The highest BCUT2D eigenvalue weighted by atomic mass is 32.2. The lowest BCUT2D eigenvalue weighted by Crippen LogP contribution is -2.40. The molecule has 0 amide bonds. The second-order valence-corrected chi connectivity index (χ2v) is 7.38. The topological polar surface area (TPSA) is 43.4 Å². The Hall–Kier alpha value is -1.86. The Morgan fingerprint density at radius 1 is 0.833 bits per heavy atom. The van der Waals surface area contributed by atoms with Crippen LogP contribution in [0.3, 0.4) is 0 Å². The highest BCUT2D eigenvalue weighted by Crippen LogP contribution is 2.40. The van der Waals surface area contributed by atoms with Crippen LogP contribution in [-0.2, 0) is 14.3 Å². The molecule has 2 aromatic rings. The maximum absolute atomic E-state index is 12.7. The van der Waals surface area contributed by atoms with E-state index in [1.165, 1.54) is 13.8 Å². The number of alkyl halides is 3. The van der Waals surface area contributed by atoms with E-state index in [9.17, 15) is 21.6 Å². The molecule has 2 aromatic carbocycles. The summed E-state index contributed by atoms with van der Waals surface area (Å²) in [4.78, 5) is 0. The van der Waals surface area contributed by atoms with Gasteiger partial charge in [0, 0.05) is 5.92 Å². The molecule has 24 heavy (non-hydrogen) atoms. The second kappa shape index (κ2) is 6.57. The molecular weight excluding hydrogens is 341 g/mol. The molecule has 130 valence electrons. The minimum Gasteiger partial charge on any atom is -0.256 e. The Bertz CT molecular complexity index is 730. The molecular formula is C17H17F3O3S. The zero-order valence-electron chi connectivity index (χ0n) is 13.1. The van der Waals surface area contributed by atoms with Gasteiger partial charge in [-0.3, -0.25) is 4.18 Å². The van der Waals surface area contributed by atoms with Crippen molar-refractivity contribution in [3.8, 4) is 0 Å². The van der Waals surface area contributed by atoms with Crippen LogP contribution in [0.4, 0.5) is 13.2 Å². The molecule has 3 nitrogen and oxygen atoms in total. The van der Waals surface area contributed by atoms with Gasteiger partial charge in [0.25, 0.3) is 0 Å². The lowest BCUT2D eigenvalue weighted by Gasteiger charge is -2.34.